The van der Waals surface area contributed by atoms with E-state index in [0.717, 1.165) is 25.2 Å². The van der Waals surface area contributed by atoms with Crippen LogP contribution in [0.2, 0.25) is 0 Å². The molecule has 0 aliphatic carbocycles. The van der Waals surface area contributed by atoms with Gasteiger partial charge in [0.25, 0.3) is 0 Å². The van der Waals surface area contributed by atoms with E-state index in [9.17, 15) is 4.79 Å². The van der Waals surface area contributed by atoms with E-state index >= 15 is 0 Å². The van der Waals surface area contributed by atoms with Crippen molar-refractivity contribution in [2.45, 2.75) is 19.8 Å². The lowest BCUT2D eigenvalue weighted by Gasteiger charge is -2.17. The maximum absolute atomic E-state index is 11.9. The van der Waals surface area contributed by atoms with Gasteiger partial charge in [-0.2, -0.15) is 0 Å². The highest BCUT2D eigenvalue weighted by molar-refractivity contribution is 5.95. The first-order chi connectivity index (χ1) is 7.72. The normalized spacial score (nSPS) is 14.0. The summed E-state index contributed by atoms with van der Waals surface area (Å²) in [5.74, 6) is 0.219. The Morgan fingerprint density at radius 3 is 3.06 bits per heavy atom. The lowest BCUT2D eigenvalue weighted by Crippen LogP contribution is -2.31. The lowest BCUT2D eigenvalue weighted by atomic mass is 10.1. The molecule has 1 aliphatic heterocycles. The zero-order valence-electron chi connectivity index (χ0n) is 9.92. The van der Waals surface area contributed by atoms with Crippen molar-refractivity contribution < 1.29 is 4.79 Å². The minimum absolute atomic E-state index is 0.219. The average molecular weight is 218 g/mol. The summed E-state index contributed by atoms with van der Waals surface area (Å²) >= 11 is 0. The molecular formula is C13H18N2O. The number of nitrogens with zero attached hydrogens (tertiary/aromatic N) is 1. The van der Waals surface area contributed by atoms with Gasteiger partial charge in [0.15, 0.2) is 0 Å². The molecule has 0 unspecified atom stereocenters. The number of hydrogen-bond acceptors (Lipinski definition) is 2. The first-order valence-corrected chi connectivity index (χ1v) is 5.77. The summed E-state index contributed by atoms with van der Waals surface area (Å²) in [6.07, 6.45) is 1.56. The Morgan fingerprint density at radius 1 is 1.50 bits per heavy atom. The maximum Gasteiger partial charge on any atom is 0.228 e. The number of fused-ring (bicyclic) bond motifs is 1. The van der Waals surface area contributed by atoms with Gasteiger partial charge in [-0.05, 0) is 32.0 Å². The standard InChI is InChI=1S/C13H18N2O/c1-10-3-4-12-11(9-10)6-8-15(12)13(16)5-7-14-2/h3-4,9,14H,5-8H2,1-2H3. The SMILES string of the molecule is CNCCC(=O)N1CCc2cc(C)ccc21. The van der Waals surface area contributed by atoms with Gasteiger partial charge < -0.3 is 10.2 Å². The van der Waals surface area contributed by atoms with Crippen molar-refractivity contribution in [3.05, 3.63) is 29.3 Å². The van der Waals surface area contributed by atoms with Gasteiger partial charge in [-0.25, -0.2) is 0 Å². The molecular weight excluding hydrogens is 200 g/mol. The summed E-state index contributed by atoms with van der Waals surface area (Å²) in [6, 6.07) is 6.32. The van der Waals surface area contributed by atoms with Crippen LogP contribution in [0.25, 0.3) is 0 Å². The van der Waals surface area contributed by atoms with Gasteiger partial charge in [0, 0.05) is 25.2 Å². The topological polar surface area (TPSA) is 32.3 Å². The van der Waals surface area contributed by atoms with Crippen LogP contribution >= 0.6 is 0 Å². The van der Waals surface area contributed by atoms with Crippen molar-refractivity contribution in [1.29, 1.82) is 0 Å². The van der Waals surface area contributed by atoms with Gasteiger partial charge in [-0.1, -0.05) is 17.7 Å². The third-order valence-electron chi connectivity index (χ3n) is 3.02. The van der Waals surface area contributed by atoms with Crippen LogP contribution in [-0.4, -0.2) is 26.0 Å². The van der Waals surface area contributed by atoms with Crippen molar-refractivity contribution in [1.82, 2.24) is 5.32 Å². The van der Waals surface area contributed by atoms with Gasteiger partial charge in [0.1, 0.15) is 0 Å². The molecule has 2 rings (SSSR count). The van der Waals surface area contributed by atoms with Gasteiger partial charge in [-0.15, -0.1) is 0 Å². The van der Waals surface area contributed by atoms with Gasteiger partial charge in [0.05, 0.1) is 0 Å². The first-order valence-electron chi connectivity index (χ1n) is 5.77. The Balaban J connectivity index is 2.14. The quantitative estimate of drug-likeness (QED) is 0.833. The van der Waals surface area contributed by atoms with Crippen LogP contribution in [0, 0.1) is 6.92 Å². The predicted molar refractivity (Wildman–Crippen MR) is 65.8 cm³/mol. The Morgan fingerprint density at radius 2 is 2.31 bits per heavy atom. The smallest absolute Gasteiger partial charge is 0.228 e. The summed E-state index contributed by atoms with van der Waals surface area (Å²) in [5.41, 5.74) is 3.67. The third-order valence-corrected chi connectivity index (χ3v) is 3.02. The Bertz CT molecular complexity index is 401. The molecule has 3 heteroatoms. The lowest BCUT2D eigenvalue weighted by molar-refractivity contribution is -0.118. The van der Waals surface area contributed by atoms with E-state index in [1.54, 1.807) is 0 Å². The van der Waals surface area contributed by atoms with Crippen LogP contribution in [0.4, 0.5) is 5.69 Å². The second kappa shape index (κ2) is 4.66. The fourth-order valence-corrected chi connectivity index (χ4v) is 2.16. The molecule has 0 saturated carbocycles. The third kappa shape index (κ3) is 2.09. The molecule has 1 aromatic carbocycles. The van der Waals surface area contributed by atoms with Gasteiger partial charge in [-0.3, -0.25) is 4.79 Å². The van der Waals surface area contributed by atoms with Crippen LogP contribution in [0.5, 0.6) is 0 Å². The molecule has 0 spiro atoms. The molecule has 0 aromatic heterocycles. The first kappa shape index (κ1) is 11.1. The molecule has 0 saturated heterocycles. The van der Waals surface area contributed by atoms with Gasteiger partial charge in [0.2, 0.25) is 5.91 Å². The number of benzene rings is 1. The molecule has 1 heterocycles. The van der Waals surface area contributed by atoms with Gasteiger partial charge >= 0.3 is 0 Å². The zero-order chi connectivity index (χ0) is 11.5. The molecule has 0 fully saturated rings. The van der Waals surface area contributed by atoms with E-state index in [-0.39, 0.29) is 5.91 Å². The number of nitrogens with one attached hydrogen (secondary N) is 1. The zero-order valence-corrected chi connectivity index (χ0v) is 9.92. The van der Waals surface area contributed by atoms with E-state index in [0.29, 0.717) is 6.42 Å². The average Bonchev–Trinajstić information content (AvgIpc) is 2.68. The number of carbonyl (C=O) groups excluding carboxylic acids is 1. The van der Waals surface area contributed by atoms with Crippen LogP contribution in [0.1, 0.15) is 17.5 Å². The highest BCUT2D eigenvalue weighted by atomic mass is 16.2. The van der Waals surface area contributed by atoms with Crippen molar-refractivity contribution in [2.24, 2.45) is 0 Å². The maximum atomic E-state index is 11.9. The monoisotopic (exact) mass is 218 g/mol. The molecule has 1 amide bonds. The summed E-state index contributed by atoms with van der Waals surface area (Å²) in [6.45, 7) is 3.67. The fourth-order valence-electron chi connectivity index (χ4n) is 2.16. The van der Waals surface area contributed by atoms with E-state index in [1.165, 1.54) is 11.1 Å². The Hall–Kier alpha value is -1.35. The van der Waals surface area contributed by atoms with Crippen LogP contribution < -0.4 is 10.2 Å². The Kier molecular flexibility index (Phi) is 3.25. The predicted octanol–water partition coefficient (Wildman–Crippen LogP) is 1.49. The molecule has 0 radical (unpaired) electrons. The molecule has 16 heavy (non-hydrogen) atoms. The summed E-state index contributed by atoms with van der Waals surface area (Å²) < 4.78 is 0. The number of hydrogen-bond donors (Lipinski definition) is 1. The molecule has 0 atom stereocenters. The minimum atomic E-state index is 0.219. The Labute approximate surface area is 96.5 Å². The van der Waals surface area contributed by atoms with Crippen LogP contribution in [0.3, 0.4) is 0 Å². The van der Waals surface area contributed by atoms with Crippen molar-refractivity contribution in [3.63, 3.8) is 0 Å². The van der Waals surface area contributed by atoms with Crippen molar-refractivity contribution in [3.8, 4) is 0 Å². The fraction of sp³-hybridized carbons (Fsp3) is 0.462. The second-order valence-corrected chi connectivity index (χ2v) is 4.28. The minimum Gasteiger partial charge on any atom is -0.319 e. The van der Waals surface area contributed by atoms with E-state index < -0.39 is 0 Å². The summed E-state index contributed by atoms with van der Waals surface area (Å²) in [5, 5.41) is 3.01. The molecule has 86 valence electrons. The highest BCUT2D eigenvalue weighted by Crippen LogP contribution is 2.28. The molecule has 3 nitrogen and oxygen atoms in total. The number of rotatable bonds is 3. The molecule has 1 aromatic rings. The van der Waals surface area contributed by atoms with Crippen molar-refractivity contribution >= 4 is 11.6 Å². The highest BCUT2D eigenvalue weighted by Gasteiger charge is 2.23. The largest absolute Gasteiger partial charge is 0.319 e. The molecule has 1 aliphatic rings. The van der Waals surface area contributed by atoms with Crippen LogP contribution in [-0.2, 0) is 11.2 Å². The van der Waals surface area contributed by atoms with E-state index in [1.807, 2.05) is 11.9 Å². The number of anilines is 1. The number of amides is 1. The summed E-state index contributed by atoms with van der Waals surface area (Å²) in [7, 11) is 1.87. The van der Waals surface area contributed by atoms with E-state index in [4.69, 9.17) is 0 Å². The van der Waals surface area contributed by atoms with Crippen molar-refractivity contribution in [2.75, 3.05) is 25.0 Å². The summed E-state index contributed by atoms with van der Waals surface area (Å²) in [4.78, 5) is 13.8. The second-order valence-electron chi connectivity index (χ2n) is 4.28. The van der Waals surface area contributed by atoms with E-state index in [2.05, 4.69) is 30.4 Å². The number of aryl methyl sites for hydroxylation is 1. The van der Waals surface area contributed by atoms with Crippen LogP contribution in [0.15, 0.2) is 18.2 Å². The molecule has 0 bridgehead atoms. The molecule has 1 N–H and O–H groups in total. The number of carbonyl (C=O) groups is 1.